The predicted octanol–water partition coefficient (Wildman–Crippen LogP) is 4.52. The number of hydrogen-bond acceptors (Lipinski definition) is 2. The maximum atomic E-state index is 13.3. The van der Waals surface area contributed by atoms with E-state index < -0.39 is 30.1 Å². The molecule has 1 aromatic rings. The van der Waals surface area contributed by atoms with Crippen molar-refractivity contribution >= 4 is 11.6 Å². The van der Waals surface area contributed by atoms with Crippen molar-refractivity contribution in [1.82, 2.24) is 5.32 Å². The van der Waals surface area contributed by atoms with E-state index >= 15 is 0 Å². The summed E-state index contributed by atoms with van der Waals surface area (Å²) in [5.74, 6) is -0.659. The average Bonchev–Trinajstić information content (AvgIpc) is 3.10. The summed E-state index contributed by atoms with van der Waals surface area (Å²) in [7, 11) is 0. The fourth-order valence-electron chi connectivity index (χ4n) is 4.80. The minimum Gasteiger partial charge on any atom is -0.373 e. The zero-order chi connectivity index (χ0) is 18.5. The van der Waals surface area contributed by atoms with Gasteiger partial charge in [0.25, 0.3) is 0 Å². The molecule has 142 valence electrons. The van der Waals surface area contributed by atoms with E-state index in [-0.39, 0.29) is 5.92 Å². The van der Waals surface area contributed by atoms with Crippen LogP contribution < -0.4 is 10.6 Å². The maximum Gasteiger partial charge on any atom is 0.408 e. The first-order valence-corrected chi connectivity index (χ1v) is 9.59. The number of alkyl halides is 3. The molecular weight excluding hydrogens is 341 g/mol. The van der Waals surface area contributed by atoms with E-state index in [0.717, 1.165) is 42.5 Å². The van der Waals surface area contributed by atoms with Crippen LogP contribution in [0.25, 0.3) is 0 Å². The smallest absolute Gasteiger partial charge is 0.373 e. The van der Waals surface area contributed by atoms with Crippen LogP contribution in [0.15, 0.2) is 18.2 Å². The molecule has 1 aromatic carbocycles. The van der Waals surface area contributed by atoms with Crippen LogP contribution in [0.3, 0.4) is 0 Å². The van der Waals surface area contributed by atoms with Gasteiger partial charge < -0.3 is 10.6 Å². The Kier molecular flexibility index (Phi) is 4.40. The molecule has 1 aliphatic heterocycles. The van der Waals surface area contributed by atoms with Crippen LogP contribution in [0.2, 0.25) is 0 Å². The van der Waals surface area contributed by atoms with E-state index in [1.165, 1.54) is 0 Å². The van der Waals surface area contributed by atoms with Gasteiger partial charge in [-0.1, -0.05) is 31.0 Å². The summed E-state index contributed by atoms with van der Waals surface area (Å²) in [4.78, 5) is 12.9. The minimum atomic E-state index is -4.39. The van der Waals surface area contributed by atoms with E-state index in [9.17, 15) is 18.0 Å². The van der Waals surface area contributed by atoms with Gasteiger partial charge in [0.1, 0.15) is 12.1 Å². The minimum absolute atomic E-state index is 0.0412. The lowest BCUT2D eigenvalue weighted by Gasteiger charge is -2.28. The van der Waals surface area contributed by atoms with Crippen molar-refractivity contribution < 1.29 is 18.0 Å². The van der Waals surface area contributed by atoms with Crippen molar-refractivity contribution in [2.24, 2.45) is 11.8 Å². The van der Waals surface area contributed by atoms with E-state index in [0.29, 0.717) is 18.8 Å². The quantitative estimate of drug-likeness (QED) is 0.823. The standard InChI is InChI=1S/C20H25F3N2O/c1-11-5-4-8-14-15(12-6-2-3-7-12)17(24-16(11)14)19(26)25-18(13-9-10-13)20(21,22)23/h4-5,8,12-13,15,17-18,24H,2-3,6-7,9-10H2,1H3,(H,25,26). The molecule has 4 rings (SSSR count). The van der Waals surface area contributed by atoms with Crippen LogP contribution in [-0.4, -0.2) is 24.2 Å². The molecule has 2 aliphatic carbocycles. The molecule has 6 heteroatoms. The third-order valence-electron chi connectivity index (χ3n) is 6.26. The zero-order valence-electron chi connectivity index (χ0n) is 14.9. The van der Waals surface area contributed by atoms with Gasteiger partial charge in [0.05, 0.1) is 0 Å². The summed E-state index contributed by atoms with van der Waals surface area (Å²) in [5, 5.41) is 5.61. The highest BCUT2D eigenvalue weighted by atomic mass is 19.4. The summed E-state index contributed by atoms with van der Waals surface area (Å²) in [5.41, 5.74) is 3.06. The Labute approximate surface area is 151 Å². The second kappa shape index (κ2) is 6.46. The molecule has 1 amide bonds. The topological polar surface area (TPSA) is 41.1 Å². The summed E-state index contributed by atoms with van der Waals surface area (Å²) in [6.45, 7) is 1.97. The van der Waals surface area contributed by atoms with Gasteiger partial charge >= 0.3 is 6.18 Å². The van der Waals surface area contributed by atoms with Gasteiger partial charge in [-0.05, 0) is 55.6 Å². The number of nitrogens with one attached hydrogen (secondary N) is 2. The van der Waals surface area contributed by atoms with Gasteiger partial charge in [0.2, 0.25) is 5.91 Å². The first-order valence-electron chi connectivity index (χ1n) is 9.59. The summed E-state index contributed by atoms with van der Waals surface area (Å²) < 4.78 is 40.0. The average molecular weight is 366 g/mol. The van der Waals surface area contributed by atoms with Gasteiger partial charge in [0.15, 0.2) is 0 Å². The number of rotatable bonds is 4. The molecule has 0 bridgehead atoms. The number of halogens is 3. The molecule has 2 N–H and O–H groups in total. The molecule has 0 spiro atoms. The number of carbonyl (C=O) groups excluding carboxylic acids is 1. The number of hydrogen-bond donors (Lipinski definition) is 2. The third-order valence-corrected chi connectivity index (χ3v) is 6.26. The highest BCUT2D eigenvalue weighted by Gasteiger charge is 2.51. The molecule has 0 aromatic heterocycles. The Morgan fingerprint density at radius 2 is 1.88 bits per heavy atom. The Bertz CT molecular complexity index is 693. The number of carbonyl (C=O) groups is 1. The van der Waals surface area contributed by atoms with Gasteiger partial charge in [-0.25, -0.2) is 0 Å². The van der Waals surface area contributed by atoms with Crippen molar-refractivity contribution in [3.63, 3.8) is 0 Å². The number of benzene rings is 1. The van der Waals surface area contributed by atoms with Crippen molar-refractivity contribution in [3.05, 3.63) is 29.3 Å². The van der Waals surface area contributed by atoms with Crippen molar-refractivity contribution in [2.75, 3.05) is 5.32 Å². The number of para-hydroxylation sites is 1. The molecule has 2 fully saturated rings. The number of amides is 1. The van der Waals surface area contributed by atoms with Gasteiger partial charge in [0, 0.05) is 11.6 Å². The van der Waals surface area contributed by atoms with Crippen LogP contribution in [-0.2, 0) is 4.79 Å². The second-order valence-electron chi connectivity index (χ2n) is 8.10. The molecule has 26 heavy (non-hydrogen) atoms. The molecule has 3 unspecified atom stereocenters. The Hall–Kier alpha value is -1.72. The largest absolute Gasteiger partial charge is 0.408 e. The number of aryl methyl sites for hydroxylation is 1. The molecule has 3 nitrogen and oxygen atoms in total. The lowest BCUT2D eigenvalue weighted by Crippen LogP contribution is -2.52. The second-order valence-corrected chi connectivity index (χ2v) is 8.10. The molecule has 3 aliphatic rings. The predicted molar refractivity (Wildman–Crippen MR) is 94.0 cm³/mol. The highest BCUT2D eigenvalue weighted by molar-refractivity contribution is 5.89. The van der Waals surface area contributed by atoms with Crippen LogP contribution in [0.1, 0.15) is 55.6 Å². The fourth-order valence-corrected chi connectivity index (χ4v) is 4.80. The van der Waals surface area contributed by atoms with Crippen LogP contribution in [0.4, 0.5) is 18.9 Å². The number of fused-ring (bicyclic) bond motifs is 1. The highest BCUT2D eigenvalue weighted by Crippen LogP contribution is 2.48. The van der Waals surface area contributed by atoms with E-state index in [1.54, 1.807) is 0 Å². The molecule has 2 saturated carbocycles. The summed E-state index contributed by atoms with van der Waals surface area (Å²) >= 11 is 0. The van der Waals surface area contributed by atoms with E-state index in [2.05, 4.69) is 10.6 Å². The molecule has 0 radical (unpaired) electrons. The fraction of sp³-hybridized carbons (Fsp3) is 0.650. The third kappa shape index (κ3) is 3.19. The Morgan fingerprint density at radius 1 is 1.19 bits per heavy atom. The zero-order valence-corrected chi connectivity index (χ0v) is 14.9. The first-order chi connectivity index (χ1) is 12.4. The molecule has 3 atom stereocenters. The summed E-state index contributed by atoms with van der Waals surface area (Å²) in [6.07, 6.45) is 1.01. The SMILES string of the molecule is Cc1cccc2c1NC(C(=O)NC(C1CC1)C(F)(F)F)C2C1CCCC1. The molecule has 1 heterocycles. The van der Waals surface area contributed by atoms with Gasteiger partial charge in [-0.15, -0.1) is 0 Å². The van der Waals surface area contributed by atoms with Crippen LogP contribution in [0, 0.1) is 18.8 Å². The van der Waals surface area contributed by atoms with E-state index in [1.807, 2.05) is 25.1 Å². The van der Waals surface area contributed by atoms with Crippen molar-refractivity contribution in [3.8, 4) is 0 Å². The molecular formula is C20H25F3N2O. The summed E-state index contributed by atoms with van der Waals surface area (Å²) in [6, 6.07) is 3.64. The van der Waals surface area contributed by atoms with E-state index in [4.69, 9.17) is 0 Å². The van der Waals surface area contributed by atoms with Crippen molar-refractivity contribution in [2.45, 2.75) is 69.6 Å². The van der Waals surface area contributed by atoms with Crippen LogP contribution in [0.5, 0.6) is 0 Å². The lowest BCUT2D eigenvalue weighted by molar-refractivity contribution is -0.166. The number of anilines is 1. The Balaban J connectivity index is 1.60. The maximum absolute atomic E-state index is 13.3. The lowest BCUT2D eigenvalue weighted by atomic mass is 9.81. The Morgan fingerprint density at radius 3 is 2.50 bits per heavy atom. The first kappa shape index (κ1) is 17.7. The van der Waals surface area contributed by atoms with Crippen molar-refractivity contribution in [1.29, 1.82) is 0 Å². The normalized spacial score (nSPS) is 27.1. The van der Waals surface area contributed by atoms with Crippen LogP contribution >= 0.6 is 0 Å². The molecule has 0 saturated heterocycles. The monoisotopic (exact) mass is 366 g/mol. The van der Waals surface area contributed by atoms with Gasteiger partial charge in [-0.2, -0.15) is 13.2 Å². The van der Waals surface area contributed by atoms with Gasteiger partial charge in [-0.3, -0.25) is 4.79 Å².